The van der Waals surface area contributed by atoms with Crippen molar-refractivity contribution >= 4 is 34.2 Å². The highest BCUT2D eigenvalue weighted by Gasteiger charge is 2.21. The fraction of sp³-hybridized carbons (Fsp3) is 0.308. The Morgan fingerprint density at radius 2 is 1.89 bits per heavy atom. The molecule has 192 valence electrons. The average Bonchev–Trinajstić information content (AvgIpc) is 3.38. The lowest BCUT2D eigenvalue weighted by molar-refractivity contribution is -0.122. The number of pyridine rings is 1. The first kappa shape index (κ1) is 27.8. The third-order valence-corrected chi connectivity index (χ3v) is 6.75. The fourth-order valence-electron chi connectivity index (χ4n) is 3.98. The zero-order valence-corrected chi connectivity index (χ0v) is 22.1. The van der Waals surface area contributed by atoms with Gasteiger partial charge in [-0.05, 0) is 65.5 Å². The van der Waals surface area contributed by atoms with Gasteiger partial charge in [-0.15, -0.1) is 12.4 Å². The van der Waals surface area contributed by atoms with Gasteiger partial charge in [-0.1, -0.05) is 24.3 Å². The van der Waals surface area contributed by atoms with E-state index in [0.29, 0.717) is 18.8 Å². The largest absolute Gasteiger partial charge is 0.487 e. The molecule has 0 unspecified atom stereocenters. The van der Waals surface area contributed by atoms with E-state index in [2.05, 4.69) is 26.6 Å². The molecular weight excluding hydrogens is 556 g/mol. The number of aryl methyl sites for hydroxylation is 1. The van der Waals surface area contributed by atoms with Gasteiger partial charge in [0.1, 0.15) is 28.5 Å². The molecule has 1 fully saturated rings. The summed E-state index contributed by atoms with van der Waals surface area (Å²) in [5, 5.41) is 6.13. The summed E-state index contributed by atoms with van der Waals surface area (Å²) in [6.07, 6.45) is 1.88. The van der Waals surface area contributed by atoms with Gasteiger partial charge in [-0.3, -0.25) is 9.59 Å². The summed E-state index contributed by atoms with van der Waals surface area (Å²) in [5.41, 5.74) is 2.49. The van der Waals surface area contributed by atoms with Crippen LogP contribution in [0.2, 0.25) is 0 Å². The number of amides is 1. The maximum atomic E-state index is 13.9. The lowest BCUT2D eigenvalue weighted by Gasteiger charge is -2.15. The molecule has 1 saturated heterocycles. The minimum absolute atomic E-state index is 0. The normalized spacial score (nSPS) is 14.8. The number of carbonyl (C=O) groups is 1. The third-order valence-electron chi connectivity index (χ3n) is 6.02. The van der Waals surface area contributed by atoms with Gasteiger partial charge in [0, 0.05) is 29.9 Å². The van der Waals surface area contributed by atoms with Gasteiger partial charge in [0.05, 0.1) is 12.6 Å². The number of halogens is 4. The molecule has 0 saturated carbocycles. The molecule has 3 aromatic rings. The summed E-state index contributed by atoms with van der Waals surface area (Å²) in [7, 11) is 0. The molecule has 2 aromatic carbocycles. The predicted molar refractivity (Wildman–Crippen MR) is 139 cm³/mol. The van der Waals surface area contributed by atoms with Crippen molar-refractivity contribution in [1.29, 1.82) is 0 Å². The van der Waals surface area contributed by atoms with E-state index in [0.717, 1.165) is 42.6 Å². The highest BCUT2D eigenvalue weighted by Crippen LogP contribution is 2.24. The Labute approximate surface area is 222 Å². The van der Waals surface area contributed by atoms with Gasteiger partial charge < -0.3 is 19.9 Å². The van der Waals surface area contributed by atoms with E-state index >= 15 is 0 Å². The first-order valence-corrected chi connectivity index (χ1v) is 12.2. The Hall–Kier alpha value is -2.75. The van der Waals surface area contributed by atoms with Crippen LogP contribution in [0.4, 0.5) is 8.78 Å². The van der Waals surface area contributed by atoms with Crippen molar-refractivity contribution in [2.24, 2.45) is 0 Å². The quantitative estimate of drug-likeness (QED) is 0.407. The zero-order chi connectivity index (χ0) is 24.9. The SMILES string of the molecule is Cc1cc(OCc2ccc(F)cc2F)c(Br)c(=O)n1Cc1ccc(CNC(=O)[C@@H]2CCCN2)cc1.Cl. The molecule has 0 spiro atoms. The van der Waals surface area contributed by atoms with Crippen molar-refractivity contribution in [1.82, 2.24) is 15.2 Å². The molecule has 36 heavy (non-hydrogen) atoms. The number of hydrogen-bond acceptors (Lipinski definition) is 4. The minimum atomic E-state index is -0.704. The first-order chi connectivity index (χ1) is 16.8. The Balaban J connectivity index is 0.00000361. The van der Waals surface area contributed by atoms with E-state index in [9.17, 15) is 18.4 Å². The molecule has 4 rings (SSSR count). The minimum Gasteiger partial charge on any atom is -0.487 e. The molecule has 10 heteroatoms. The van der Waals surface area contributed by atoms with Crippen molar-refractivity contribution in [2.75, 3.05) is 6.54 Å². The Morgan fingerprint density at radius 3 is 2.56 bits per heavy atom. The van der Waals surface area contributed by atoms with Gasteiger partial charge in [-0.2, -0.15) is 0 Å². The summed E-state index contributed by atoms with van der Waals surface area (Å²) in [4.78, 5) is 25.1. The lowest BCUT2D eigenvalue weighted by atomic mass is 10.1. The number of nitrogens with zero attached hydrogens (tertiary/aromatic N) is 1. The molecule has 1 aliphatic heterocycles. The van der Waals surface area contributed by atoms with Crippen LogP contribution in [0.3, 0.4) is 0 Å². The molecule has 0 aliphatic carbocycles. The Kier molecular flexibility index (Phi) is 9.64. The van der Waals surface area contributed by atoms with Crippen LogP contribution in [0.1, 0.15) is 35.2 Å². The van der Waals surface area contributed by atoms with Crippen LogP contribution in [-0.2, 0) is 24.5 Å². The summed E-state index contributed by atoms with van der Waals surface area (Å²) in [6.45, 7) is 3.33. The summed E-state index contributed by atoms with van der Waals surface area (Å²) < 4.78 is 34.5. The van der Waals surface area contributed by atoms with Crippen LogP contribution in [0.5, 0.6) is 5.75 Å². The highest BCUT2D eigenvalue weighted by molar-refractivity contribution is 9.10. The Morgan fingerprint density at radius 1 is 1.17 bits per heavy atom. The summed E-state index contributed by atoms with van der Waals surface area (Å²) in [6, 6.07) is 12.6. The van der Waals surface area contributed by atoms with Crippen LogP contribution in [0, 0.1) is 18.6 Å². The summed E-state index contributed by atoms with van der Waals surface area (Å²) >= 11 is 3.30. The van der Waals surface area contributed by atoms with E-state index < -0.39 is 11.6 Å². The molecule has 0 radical (unpaired) electrons. The second-order valence-corrected chi connectivity index (χ2v) is 9.36. The first-order valence-electron chi connectivity index (χ1n) is 11.4. The number of carbonyl (C=O) groups excluding carboxylic acids is 1. The molecule has 2 heterocycles. The van der Waals surface area contributed by atoms with Crippen LogP contribution < -0.4 is 20.9 Å². The van der Waals surface area contributed by atoms with E-state index in [1.807, 2.05) is 24.3 Å². The smallest absolute Gasteiger partial charge is 0.269 e. The van der Waals surface area contributed by atoms with Gasteiger partial charge in [0.15, 0.2) is 0 Å². The predicted octanol–water partition coefficient (Wildman–Crippen LogP) is 4.61. The second-order valence-electron chi connectivity index (χ2n) is 8.56. The second kappa shape index (κ2) is 12.5. The third kappa shape index (κ3) is 6.72. The topological polar surface area (TPSA) is 72.4 Å². The fourth-order valence-corrected chi connectivity index (χ4v) is 4.42. The van der Waals surface area contributed by atoms with E-state index in [1.54, 1.807) is 17.6 Å². The number of hydrogen-bond donors (Lipinski definition) is 2. The molecule has 1 amide bonds. The lowest BCUT2D eigenvalue weighted by Crippen LogP contribution is -2.39. The van der Waals surface area contributed by atoms with E-state index in [-0.39, 0.29) is 52.3 Å². The molecule has 1 aromatic heterocycles. The van der Waals surface area contributed by atoms with Crippen LogP contribution in [-0.4, -0.2) is 23.1 Å². The van der Waals surface area contributed by atoms with Crippen LogP contribution >= 0.6 is 28.3 Å². The number of aromatic nitrogens is 1. The van der Waals surface area contributed by atoms with Gasteiger partial charge in [0.25, 0.3) is 5.56 Å². The number of nitrogens with one attached hydrogen (secondary N) is 2. The van der Waals surface area contributed by atoms with Gasteiger partial charge in [-0.25, -0.2) is 8.78 Å². The summed E-state index contributed by atoms with van der Waals surface area (Å²) in [5.74, 6) is -1.06. The maximum absolute atomic E-state index is 13.9. The number of ether oxygens (including phenoxy) is 1. The zero-order valence-electron chi connectivity index (χ0n) is 19.7. The maximum Gasteiger partial charge on any atom is 0.269 e. The number of rotatable bonds is 8. The Bertz CT molecular complexity index is 1280. The van der Waals surface area contributed by atoms with Crippen molar-refractivity contribution in [3.63, 3.8) is 0 Å². The van der Waals surface area contributed by atoms with Crippen LogP contribution in [0.15, 0.2) is 57.8 Å². The molecular formula is C26H27BrClF2N3O3. The number of benzene rings is 2. The van der Waals surface area contributed by atoms with Crippen molar-refractivity contribution < 1.29 is 18.3 Å². The molecule has 6 nitrogen and oxygen atoms in total. The van der Waals surface area contributed by atoms with Crippen LogP contribution in [0.25, 0.3) is 0 Å². The molecule has 0 bridgehead atoms. The van der Waals surface area contributed by atoms with E-state index in [1.165, 1.54) is 6.07 Å². The molecule has 1 atom stereocenters. The van der Waals surface area contributed by atoms with Crippen molar-refractivity contribution in [3.05, 3.63) is 97.4 Å². The van der Waals surface area contributed by atoms with Gasteiger partial charge in [0.2, 0.25) is 5.91 Å². The molecule has 1 aliphatic rings. The monoisotopic (exact) mass is 581 g/mol. The van der Waals surface area contributed by atoms with Crippen molar-refractivity contribution in [3.8, 4) is 5.75 Å². The standard InChI is InChI=1S/C26H26BrF2N3O3.ClH/c1-16-11-23(35-15-19-8-9-20(28)12-21(19)29)24(27)26(34)32(16)14-18-6-4-17(5-7-18)13-31-25(33)22-3-2-10-30-22;/h4-9,11-12,22,30H,2-3,10,13-15H2,1H3,(H,31,33);1H/t22-;/m0./s1. The van der Waals surface area contributed by atoms with Crippen molar-refractivity contribution in [2.45, 2.75) is 45.5 Å². The highest BCUT2D eigenvalue weighted by atomic mass is 79.9. The van der Waals surface area contributed by atoms with Gasteiger partial charge >= 0.3 is 0 Å². The average molecular weight is 583 g/mol. The molecule has 2 N–H and O–H groups in total. The van der Waals surface area contributed by atoms with E-state index in [4.69, 9.17) is 4.74 Å².